The second kappa shape index (κ2) is 7.21. The number of hydrogen-bond acceptors (Lipinski definition) is 4. The molecule has 0 radical (unpaired) electrons. The predicted octanol–water partition coefficient (Wildman–Crippen LogP) is 1.33. The minimum atomic E-state index is -0.531. The quantitative estimate of drug-likeness (QED) is 0.562. The van der Waals surface area contributed by atoms with Crippen LogP contribution >= 0.6 is 0 Å². The molecule has 0 bridgehead atoms. The molecule has 1 fully saturated rings. The SMILES string of the molecule is NNc1c(F)cccc1C(=O)NCCN1CCCCC1. The summed E-state index contributed by atoms with van der Waals surface area (Å²) in [7, 11) is 0. The molecule has 1 aromatic rings. The fraction of sp³-hybridized carbons (Fsp3) is 0.500. The molecule has 1 saturated heterocycles. The van der Waals surface area contributed by atoms with Crippen LogP contribution in [-0.2, 0) is 0 Å². The van der Waals surface area contributed by atoms with Crippen LogP contribution in [0.5, 0.6) is 0 Å². The maximum absolute atomic E-state index is 13.5. The van der Waals surface area contributed by atoms with Crippen LogP contribution in [-0.4, -0.2) is 37.0 Å². The van der Waals surface area contributed by atoms with E-state index in [4.69, 9.17) is 5.84 Å². The Hall–Kier alpha value is -1.66. The molecule has 2 rings (SSSR count). The van der Waals surface area contributed by atoms with Gasteiger partial charge >= 0.3 is 0 Å². The first-order valence-electron chi connectivity index (χ1n) is 6.98. The maximum atomic E-state index is 13.5. The van der Waals surface area contributed by atoms with E-state index in [1.165, 1.54) is 31.4 Å². The van der Waals surface area contributed by atoms with Crippen LogP contribution in [0.15, 0.2) is 18.2 Å². The van der Waals surface area contributed by atoms with Crippen LogP contribution in [0, 0.1) is 5.82 Å². The number of anilines is 1. The standard InChI is InChI=1S/C14H21FN4O/c15-12-6-4-5-11(13(12)18-16)14(20)17-7-10-19-8-2-1-3-9-19/h4-6,18H,1-3,7-10,16H2,(H,17,20). The van der Waals surface area contributed by atoms with Crippen molar-refractivity contribution in [3.05, 3.63) is 29.6 Å². The number of piperidine rings is 1. The van der Waals surface area contributed by atoms with Gasteiger partial charge in [0.1, 0.15) is 5.82 Å². The Bertz CT molecular complexity index is 460. The van der Waals surface area contributed by atoms with Crippen LogP contribution in [0.3, 0.4) is 0 Å². The molecule has 1 aromatic carbocycles. The number of para-hydroxylation sites is 1. The average molecular weight is 280 g/mol. The zero-order valence-electron chi connectivity index (χ0n) is 11.5. The molecule has 1 heterocycles. The number of hydrogen-bond donors (Lipinski definition) is 3. The highest BCUT2D eigenvalue weighted by molar-refractivity contribution is 5.99. The van der Waals surface area contributed by atoms with Gasteiger partial charge in [-0.2, -0.15) is 0 Å². The Labute approximate surface area is 118 Å². The molecule has 5 nitrogen and oxygen atoms in total. The molecular weight excluding hydrogens is 259 g/mol. The van der Waals surface area contributed by atoms with Crippen LogP contribution in [0.1, 0.15) is 29.6 Å². The number of hydrazine groups is 1. The zero-order chi connectivity index (χ0) is 14.4. The number of nitrogens with zero attached hydrogens (tertiary/aromatic N) is 1. The minimum absolute atomic E-state index is 0.0305. The molecule has 0 aliphatic carbocycles. The molecule has 1 aliphatic rings. The van der Waals surface area contributed by atoms with Crippen molar-refractivity contribution in [1.29, 1.82) is 0 Å². The predicted molar refractivity (Wildman–Crippen MR) is 76.8 cm³/mol. The first-order valence-corrected chi connectivity index (χ1v) is 6.98. The highest BCUT2D eigenvalue weighted by atomic mass is 19.1. The molecule has 0 aromatic heterocycles. The molecule has 0 saturated carbocycles. The van der Waals surface area contributed by atoms with Gasteiger partial charge in [-0.1, -0.05) is 12.5 Å². The van der Waals surface area contributed by atoms with Crippen molar-refractivity contribution in [2.75, 3.05) is 31.6 Å². The summed E-state index contributed by atoms with van der Waals surface area (Å²) in [5.41, 5.74) is 2.50. The fourth-order valence-electron chi connectivity index (χ4n) is 2.47. The topological polar surface area (TPSA) is 70.4 Å². The van der Waals surface area contributed by atoms with E-state index in [0.29, 0.717) is 6.54 Å². The van der Waals surface area contributed by atoms with E-state index in [1.54, 1.807) is 6.07 Å². The van der Waals surface area contributed by atoms with Gasteiger partial charge < -0.3 is 15.6 Å². The van der Waals surface area contributed by atoms with E-state index >= 15 is 0 Å². The summed E-state index contributed by atoms with van der Waals surface area (Å²) in [5.74, 6) is 4.41. The number of nitrogens with one attached hydrogen (secondary N) is 2. The Kier molecular flexibility index (Phi) is 5.31. The summed E-state index contributed by atoms with van der Waals surface area (Å²) in [6.07, 6.45) is 3.73. The summed E-state index contributed by atoms with van der Waals surface area (Å²) >= 11 is 0. The summed E-state index contributed by atoms with van der Waals surface area (Å²) < 4.78 is 13.5. The molecule has 110 valence electrons. The zero-order valence-corrected chi connectivity index (χ0v) is 11.5. The Balaban J connectivity index is 1.87. The van der Waals surface area contributed by atoms with Crippen LogP contribution in [0.25, 0.3) is 0 Å². The second-order valence-corrected chi connectivity index (χ2v) is 4.96. The van der Waals surface area contributed by atoms with Crippen molar-refractivity contribution >= 4 is 11.6 Å². The van der Waals surface area contributed by atoms with E-state index in [-0.39, 0.29) is 17.2 Å². The second-order valence-electron chi connectivity index (χ2n) is 4.96. The third-order valence-corrected chi connectivity index (χ3v) is 3.56. The van der Waals surface area contributed by atoms with Crippen LogP contribution in [0.4, 0.5) is 10.1 Å². The molecular formula is C14H21FN4O. The molecule has 1 aliphatic heterocycles. The third-order valence-electron chi connectivity index (χ3n) is 3.56. The van der Waals surface area contributed by atoms with Gasteiger partial charge in [0, 0.05) is 13.1 Å². The van der Waals surface area contributed by atoms with Gasteiger partial charge in [-0.05, 0) is 38.1 Å². The molecule has 0 unspecified atom stereocenters. The summed E-state index contributed by atoms with van der Waals surface area (Å²) in [5, 5.41) is 2.81. The molecule has 0 spiro atoms. The number of halogens is 1. The lowest BCUT2D eigenvalue weighted by Gasteiger charge is -2.26. The first kappa shape index (κ1) is 14.7. The van der Waals surface area contributed by atoms with Crippen molar-refractivity contribution < 1.29 is 9.18 Å². The van der Waals surface area contributed by atoms with Crippen LogP contribution < -0.4 is 16.6 Å². The smallest absolute Gasteiger partial charge is 0.253 e. The number of nitrogen functional groups attached to an aromatic ring is 1. The molecule has 6 heteroatoms. The number of amides is 1. The van der Waals surface area contributed by atoms with Crippen molar-refractivity contribution in [1.82, 2.24) is 10.2 Å². The highest BCUT2D eigenvalue weighted by Gasteiger charge is 2.15. The molecule has 1 amide bonds. The van der Waals surface area contributed by atoms with Crippen molar-refractivity contribution in [3.8, 4) is 0 Å². The Morgan fingerprint density at radius 1 is 1.30 bits per heavy atom. The first-order chi connectivity index (χ1) is 9.72. The Morgan fingerprint density at radius 3 is 2.75 bits per heavy atom. The van der Waals surface area contributed by atoms with Crippen LogP contribution in [0.2, 0.25) is 0 Å². The van der Waals surface area contributed by atoms with E-state index in [0.717, 1.165) is 19.6 Å². The summed E-state index contributed by atoms with van der Waals surface area (Å²) in [6.45, 7) is 3.56. The monoisotopic (exact) mass is 280 g/mol. The summed E-state index contributed by atoms with van der Waals surface area (Å²) in [6, 6.07) is 4.31. The highest BCUT2D eigenvalue weighted by Crippen LogP contribution is 2.18. The van der Waals surface area contributed by atoms with Gasteiger partial charge in [0.25, 0.3) is 5.91 Å². The van der Waals surface area contributed by atoms with E-state index in [9.17, 15) is 9.18 Å². The maximum Gasteiger partial charge on any atom is 0.253 e. The number of carbonyl (C=O) groups is 1. The number of carbonyl (C=O) groups excluding carboxylic acids is 1. The summed E-state index contributed by atoms with van der Waals surface area (Å²) in [4.78, 5) is 14.4. The van der Waals surface area contributed by atoms with Crippen molar-refractivity contribution in [2.45, 2.75) is 19.3 Å². The normalized spacial score (nSPS) is 15.9. The number of benzene rings is 1. The number of nitrogens with two attached hydrogens (primary N) is 1. The largest absolute Gasteiger partial charge is 0.351 e. The lowest BCUT2D eigenvalue weighted by molar-refractivity contribution is 0.0947. The fourth-order valence-corrected chi connectivity index (χ4v) is 2.47. The third kappa shape index (κ3) is 3.68. The molecule has 4 N–H and O–H groups in total. The van der Waals surface area contributed by atoms with E-state index < -0.39 is 5.82 Å². The minimum Gasteiger partial charge on any atom is -0.351 e. The van der Waals surface area contributed by atoms with Gasteiger partial charge in [0.15, 0.2) is 0 Å². The molecule has 20 heavy (non-hydrogen) atoms. The van der Waals surface area contributed by atoms with Crippen molar-refractivity contribution in [2.24, 2.45) is 5.84 Å². The van der Waals surface area contributed by atoms with Gasteiger partial charge in [0.05, 0.1) is 11.3 Å². The Morgan fingerprint density at radius 2 is 2.05 bits per heavy atom. The van der Waals surface area contributed by atoms with Crippen molar-refractivity contribution in [3.63, 3.8) is 0 Å². The van der Waals surface area contributed by atoms with E-state index in [1.807, 2.05) is 0 Å². The van der Waals surface area contributed by atoms with E-state index in [2.05, 4.69) is 15.6 Å². The van der Waals surface area contributed by atoms with Gasteiger partial charge in [0.2, 0.25) is 0 Å². The van der Waals surface area contributed by atoms with Gasteiger partial charge in [-0.3, -0.25) is 10.6 Å². The number of rotatable bonds is 5. The lowest BCUT2D eigenvalue weighted by Crippen LogP contribution is -2.37. The average Bonchev–Trinajstić information content (AvgIpc) is 2.48. The number of likely N-dealkylation sites (tertiary alicyclic amines) is 1. The van der Waals surface area contributed by atoms with Gasteiger partial charge in [-0.25, -0.2) is 4.39 Å². The lowest BCUT2D eigenvalue weighted by atomic mass is 10.1. The van der Waals surface area contributed by atoms with Gasteiger partial charge in [-0.15, -0.1) is 0 Å². The molecule has 0 atom stereocenters.